The minimum absolute atomic E-state index is 0. The van der Waals surface area contributed by atoms with Gasteiger partial charge in [-0.1, -0.05) is 153 Å². The second-order valence-electron chi connectivity index (χ2n) is 31.7. The molecule has 8 rings (SSSR count). The zero-order valence-electron chi connectivity index (χ0n) is 62.1. The normalized spacial score (nSPS) is 23.2. The molecule has 6 fully saturated rings. The van der Waals surface area contributed by atoms with Crippen molar-refractivity contribution < 1.29 is 81.4 Å². The number of rotatable bonds is 29. The first-order chi connectivity index (χ1) is 47.6. The second kappa shape index (κ2) is 37.8. The number of unbranched alkanes of at least 4 members (excludes halogenated alkanes) is 2. The fraction of sp³-hybridized carbons (Fsp3) is 0.703. The highest BCUT2D eigenvalue weighted by Gasteiger charge is 2.71. The van der Waals surface area contributed by atoms with E-state index in [1.165, 1.54) is 48.2 Å². The molecule has 27 nitrogen and oxygen atoms in total. The lowest BCUT2D eigenvalue weighted by Crippen LogP contribution is -3.00. The van der Waals surface area contributed by atoms with Gasteiger partial charge in [0.1, 0.15) is 53.7 Å². The minimum atomic E-state index is -1.48. The first kappa shape index (κ1) is 85.2. The summed E-state index contributed by atoms with van der Waals surface area (Å²) >= 11 is 0. The highest BCUT2D eigenvalue weighted by atomic mass is 35.5. The summed E-state index contributed by atoms with van der Waals surface area (Å²) in [6, 6.07) is -6.49. The lowest BCUT2D eigenvalue weighted by atomic mass is 9.82. The molecule has 4 saturated carbocycles. The molecule has 4 heterocycles. The summed E-state index contributed by atoms with van der Waals surface area (Å²) in [6.07, 6.45) is 22.8. The van der Waals surface area contributed by atoms with E-state index in [-0.39, 0.29) is 100 Å². The molecule has 0 spiro atoms. The molecule has 2 aliphatic heterocycles. The van der Waals surface area contributed by atoms with Crippen LogP contribution in [0.15, 0.2) is 62.5 Å². The van der Waals surface area contributed by atoms with Crippen molar-refractivity contribution in [2.75, 3.05) is 26.2 Å². The van der Waals surface area contributed by atoms with Crippen LogP contribution < -0.4 is 55.4 Å². The summed E-state index contributed by atoms with van der Waals surface area (Å²) < 4.78 is 0. The van der Waals surface area contributed by atoms with Crippen LogP contribution in [-0.4, -0.2) is 191 Å². The maximum absolute atomic E-state index is 14.6. The average Bonchev–Trinajstić information content (AvgIpc) is 1.53. The van der Waals surface area contributed by atoms with Gasteiger partial charge in [0, 0.05) is 63.3 Å². The predicted molar refractivity (Wildman–Crippen MR) is 379 cm³/mol. The smallest absolute Gasteiger partial charge is 0.326 e. The van der Waals surface area contributed by atoms with Gasteiger partial charge < -0.3 is 80.5 Å². The van der Waals surface area contributed by atoms with E-state index >= 15 is 0 Å². The molecule has 102 heavy (non-hydrogen) atoms. The summed E-state index contributed by atoms with van der Waals surface area (Å²) in [7, 11) is 0. The molecular formula is C74H117ClN14O13. The van der Waals surface area contributed by atoms with Gasteiger partial charge in [-0.3, -0.25) is 53.1 Å². The standard InChI is InChI=1S/C37H57N7O6.C27H39N5O5.C10H20N2O2.ClH/c1-8-10-16-24(29(45)34(49)40-17-9-2)41-33(48)28-26-23(37(26,6)7)21-44(28)35(50)30(36(3,4)5)43-32(47)27(22-14-12-11-13-15-22)42-31(46)25-20-38-18-19-39-25;1-26(2,3)21(24(35)32-14-16-18(27(16,4)5)20(32)25(36)37)31-23(34)19(15-9-7-6-8-10-15)30-22(33)17-13-28-11-12-29-17;1-3-5-6-8(11)9(13)10(14)12-7-4-2;/h9,18-20,22-24,26-30,45H,2,8,10-17,21H2,1,3-7H3,(H,40,49)(H,41,48)(H,42,46)(H,43,47);11-13,15-16,18-21H,6-10,14H2,1-5H3,(H,30,33)(H,31,34)(H,36,37);4,8-9,13H,2-3,5-7,11H2,1H3,(H,12,14);1H/t23-,24?,26-,27-,28-,29?,30+;16-,18-,19-,20-,21+;;/m00../s1. The van der Waals surface area contributed by atoms with E-state index in [4.69, 9.17) is 0 Å². The largest absolute Gasteiger partial charge is 1.00 e. The number of halogens is 1. The Balaban J connectivity index is 0.000000315. The van der Waals surface area contributed by atoms with Crippen LogP contribution in [0.5, 0.6) is 0 Å². The van der Waals surface area contributed by atoms with Crippen LogP contribution in [0.2, 0.25) is 0 Å². The number of carboxylic acid groups (broad SMARTS) is 1. The van der Waals surface area contributed by atoms with Gasteiger partial charge in [-0.15, -0.1) is 13.2 Å². The predicted octanol–water partition coefficient (Wildman–Crippen LogP) is 1.22. The van der Waals surface area contributed by atoms with Crippen LogP contribution in [0.25, 0.3) is 0 Å². The van der Waals surface area contributed by atoms with Crippen LogP contribution in [0.3, 0.4) is 0 Å². The fourth-order valence-corrected chi connectivity index (χ4v) is 15.3. The molecule has 4 aliphatic carbocycles. The quantitative estimate of drug-likeness (QED) is 0.0510. The van der Waals surface area contributed by atoms with Crippen LogP contribution in [0.1, 0.15) is 207 Å². The Labute approximate surface area is 608 Å². The Hall–Kier alpha value is -7.49. The highest BCUT2D eigenvalue weighted by Crippen LogP contribution is 2.66. The molecule has 568 valence electrons. The number of nitrogens with zero attached hydrogens (tertiary/aromatic N) is 6. The average molecular weight is 1450 g/mol. The number of likely N-dealkylation sites (tertiary alicyclic amines) is 2. The van der Waals surface area contributed by atoms with E-state index in [1.807, 2.05) is 62.3 Å². The van der Waals surface area contributed by atoms with Gasteiger partial charge in [-0.25, -0.2) is 14.8 Å². The fourth-order valence-electron chi connectivity index (χ4n) is 15.3. The molecule has 13 N–H and O–H groups in total. The molecule has 6 aliphatic rings. The lowest BCUT2D eigenvalue weighted by Gasteiger charge is -2.39. The molecule has 14 atom stereocenters. The molecule has 9 amide bonds. The molecule has 4 unspecified atom stereocenters. The van der Waals surface area contributed by atoms with Crippen molar-refractivity contribution in [2.45, 2.75) is 246 Å². The van der Waals surface area contributed by atoms with Gasteiger partial charge in [0.2, 0.25) is 29.5 Å². The van der Waals surface area contributed by atoms with Crippen LogP contribution in [-0.2, 0) is 38.4 Å². The maximum Gasteiger partial charge on any atom is 0.326 e. The SMILES string of the molecule is C=CCNC(=O)C(O)C(CCCC)NC(=O)[C@@H]1[C@@H]2[C@H](CN1C(=O)[C@@H](NC(=O)[C@@H](NC(=O)c1cnccn1)C1CCCCC1)C(C)(C)C)C2(C)C.C=CCNC(=O)C(O)C([NH3+])CCCC.CC(C)(C)[C@H](NC(=O)[C@@H](NC(=O)c1cnccn1)C1CCCCC1)C(=O)N1C[C@H]2[C@@H]([C@H]1C(=O)O)C2(C)C.[Cl-]. The van der Waals surface area contributed by atoms with E-state index in [1.54, 1.807) is 11.0 Å². The van der Waals surface area contributed by atoms with E-state index in [0.29, 0.717) is 32.5 Å². The van der Waals surface area contributed by atoms with E-state index in [9.17, 15) is 63.3 Å². The number of nitrogens with one attached hydrogen (secondary N) is 7. The van der Waals surface area contributed by atoms with E-state index in [2.05, 4.69) is 96.8 Å². The van der Waals surface area contributed by atoms with Crippen molar-refractivity contribution in [3.05, 3.63) is 73.9 Å². The number of carbonyl (C=O) groups excluding carboxylic acids is 9. The lowest BCUT2D eigenvalue weighted by molar-refractivity contribution is -0.434. The number of piperidine rings is 2. The Morgan fingerprint density at radius 3 is 1.34 bits per heavy atom. The van der Waals surface area contributed by atoms with Crippen LogP contribution in [0.4, 0.5) is 0 Å². The topological polar surface area (TPSA) is 401 Å². The summed E-state index contributed by atoms with van der Waals surface area (Å²) in [5.74, 6) is -5.27. The van der Waals surface area contributed by atoms with Crippen LogP contribution in [0, 0.1) is 57.2 Å². The Morgan fingerprint density at radius 1 is 0.578 bits per heavy atom. The Morgan fingerprint density at radius 2 is 0.971 bits per heavy atom. The summed E-state index contributed by atoms with van der Waals surface area (Å²) in [6.45, 7) is 31.7. The van der Waals surface area contributed by atoms with Gasteiger partial charge in [0.05, 0.1) is 18.4 Å². The number of amides is 9. The molecule has 2 aromatic rings. The number of aliphatic hydroxyl groups is 2. The molecule has 0 aromatic carbocycles. The molecule has 2 saturated heterocycles. The number of carbonyl (C=O) groups is 10. The van der Waals surface area contributed by atoms with Gasteiger partial charge in [-0.2, -0.15) is 0 Å². The van der Waals surface area contributed by atoms with Gasteiger partial charge >= 0.3 is 5.97 Å². The van der Waals surface area contributed by atoms with Crippen molar-refractivity contribution in [2.24, 2.45) is 57.2 Å². The van der Waals surface area contributed by atoms with Crippen molar-refractivity contribution in [1.29, 1.82) is 0 Å². The number of aliphatic carboxylic acids is 1. The van der Waals surface area contributed by atoms with Gasteiger partial charge in [0.15, 0.2) is 12.2 Å². The Kier molecular flexibility index (Phi) is 31.6. The van der Waals surface area contributed by atoms with Crippen molar-refractivity contribution in [1.82, 2.24) is 67.0 Å². The third-order valence-corrected chi connectivity index (χ3v) is 21.6. The zero-order chi connectivity index (χ0) is 74.9. The summed E-state index contributed by atoms with van der Waals surface area (Å²) in [5.41, 5.74) is 2.26. The maximum atomic E-state index is 14.6. The molecule has 2 aromatic heterocycles. The van der Waals surface area contributed by atoms with Gasteiger partial charge in [-0.05, 0) is 89.8 Å². The van der Waals surface area contributed by atoms with E-state index < -0.39 is 107 Å². The third kappa shape index (κ3) is 21.8. The third-order valence-electron chi connectivity index (χ3n) is 21.6. The monoisotopic (exact) mass is 1440 g/mol. The number of hydrogen-bond acceptors (Lipinski definition) is 16. The number of aromatic nitrogens is 4. The number of fused-ring (bicyclic) bond motifs is 2. The highest BCUT2D eigenvalue weighted by molar-refractivity contribution is 6.00. The molecular weight excluding hydrogens is 1330 g/mol. The molecule has 28 heteroatoms. The minimum Gasteiger partial charge on any atom is -1.00 e. The number of hydrogen-bond donors (Lipinski definition) is 11. The summed E-state index contributed by atoms with van der Waals surface area (Å²) in [5, 5.41) is 50.2. The van der Waals surface area contributed by atoms with E-state index in [0.717, 1.165) is 89.9 Å². The Bertz CT molecular complexity index is 3190. The first-order valence-electron chi connectivity index (χ1n) is 36.4. The number of quaternary nitrogens is 1. The summed E-state index contributed by atoms with van der Waals surface area (Å²) in [4.78, 5) is 152. The van der Waals surface area contributed by atoms with Gasteiger partial charge in [0.25, 0.3) is 23.6 Å². The first-order valence-corrected chi connectivity index (χ1v) is 36.4. The molecule has 0 bridgehead atoms. The van der Waals surface area contributed by atoms with Crippen molar-refractivity contribution in [3.8, 4) is 0 Å². The van der Waals surface area contributed by atoms with Crippen molar-refractivity contribution in [3.63, 3.8) is 0 Å². The van der Waals surface area contributed by atoms with Crippen LogP contribution >= 0.6 is 0 Å². The molecule has 0 radical (unpaired) electrons. The zero-order valence-corrected chi connectivity index (χ0v) is 62.9. The second-order valence-corrected chi connectivity index (χ2v) is 31.7. The number of aliphatic hydroxyl groups excluding tert-OH is 2. The number of carboxylic acids is 1. The van der Waals surface area contributed by atoms with Crippen molar-refractivity contribution >= 4 is 59.1 Å².